The highest BCUT2D eigenvalue weighted by Crippen LogP contribution is 2.44. The molecule has 6 aliphatic heterocycles. The molecule has 2 amide bonds. The van der Waals surface area contributed by atoms with Crippen molar-refractivity contribution < 1.29 is 19.1 Å². The highest BCUT2D eigenvalue weighted by atomic mass is 16.5. The predicted molar refractivity (Wildman–Crippen MR) is 245 cm³/mol. The number of piperazine rings is 2. The van der Waals surface area contributed by atoms with Crippen LogP contribution >= 0.6 is 0 Å². The summed E-state index contributed by atoms with van der Waals surface area (Å²) in [6, 6.07) is 13.2. The van der Waals surface area contributed by atoms with E-state index in [1.807, 2.05) is 0 Å². The Balaban J connectivity index is 0.000000143. The maximum atomic E-state index is 13.3. The molecule has 2 N–H and O–H groups in total. The highest BCUT2D eigenvalue weighted by molar-refractivity contribution is 6.10. The molecular formula is C48H56N12O4. The van der Waals surface area contributed by atoms with Gasteiger partial charge in [0.25, 0.3) is 11.8 Å². The number of nitrogens with zero attached hydrogens (tertiary/aromatic N) is 10. The Bertz CT molecular complexity index is 2590. The molecule has 4 fully saturated rings. The van der Waals surface area contributed by atoms with Gasteiger partial charge < -0.3 is 29.9 Å². The summed E-state index contributed by atoms with van der Waals surface area (Å²) in [7, 11) is 0. The lowest BCUT2D eigenvalue weighted by atomic mass is 10.0. The van der Waals surface area contributed by atoms with Crippen molar-refractivity contribution in [2.24, 2.45) is 0 Å². The zero-order chi connectivity index (χ0) is 43.7. The van der Waals surface area contributed by atoms with E-state index in [2.05, 4.69) is 102 Å². The Morgan fingerprint density at radius 1 is 0.625 bits per heavy atom. The number of carbonyl (C=O) groups excluding carboxylic acids is 2. The molecule has 2 aromatic carbocycles. The molecule has 0 radical (unpaired) electrons. The fraction of sp³-hybridized carbons (Fsp3) is 0.458. The summed E-state index contributed by atoms with van der Waals surface area (Å²) < 4.78 is 15.7. The van der Waals surface area contributed by atoms with Gasteiger partial charge in [0.1, 0.15) is 33.8 Å². The average Bonchev–Trinajstić information content (AvgIpc) is 4.14. The first-order chi connectivity index (χ1) is 30.9. The number of benzene rings is 2. The second-order valence-electron chi connectivity index (χ2n) is 19.4. The van der Waals surface area contributed by atoms with Gasteiger partial charge in [0.05, 0.1) is 35.1 Å². The molecule has 2 atom stereocenters. The van der Waals surface area contributed by atoms with E-state index in [0.717, 1.165) is 97.5 Å². The fourth-order valence-corrected chi connectivity index (χ4v) is 10.8. The van der Waals surface area contributed by atoms with Gasteiger partial charge in [-0.15, -0.1) is 0 Å². The lowest BCUT2D eigenvalue weighted by Crippen LogP contribution is -2.50. The number of carbonyl (C=O) groups is 2. The van der Waals surface area contributed by atoms with Crippen LogP contribution in [0.25, 0.3) is 11.3 Å². The average molecular weight is 865 g/mol. The Kier molecular flexibility index (Phi) is 9.98. The molecule has 16 heteroatoms. The molecule has 0 saturated carbocycles. The normalized spacial score (nSPS) is 21.9. The van der Waals surface area contributed by atoms with E-state index in [9.17, 15) is 9.59 Å². The molecule has 0 unspecified atom stereocenters. The first kappa shape index (κ1) is 40.5. The number of ether oxygens (including phenoxy) is 2. The van der Waals surface area contributed by atoms with Crippen LogP contribution in [0.2, 0.25) is 0 Å². The molecule has 64 heavy (non-hydrogen) atoms. The summed E-state index contributed by atoms with van der Waals surface area (Å²) in [5.41, 5.74) is 7.55. The zero-order valence-corrected chi connectivity index (χ0v) is 37.1. The number of nitrogens with one attached hydrogen (secondary N) is 2. The van der Waals surface area contributed by atoms with Crippen LogP contribution in [0.5, 0.6) is 11.5 Å². The van der Waals surface area contributed by atoms with Gasteiger partial charge in [-0.1, -0.05) is 0 Å². The SMILES string of the molecule is CC1(C)Cc2cc(NC(=O)c3cnn4cccnc34)c(N3CCN4CCC[C@@H]4C3)cc2O1.CC1(C)Cc2cc(NC(=O)c3cnn4cccnc34)c(N3CCN4CCC[C@H]4C3)cc2O1. The standard InChI is InChI=1S/2C24H28N6O2/c2*1-24(2)13-16-11-19(27-23(31)18-14-26-30-8-4-6-25-22(18)30)20(12-21(16)32-24)29-10-9-28-7-3-5-17(28)15-29/h2*4,6,8,11-12,14,17H,3,5,7,9-10,13,15H2,1-2H3,(H,27,31)/t2*17-/m10/s1. The van der Waals surface area contributed by atoms with Crippen LogP contribution in [-0.2, 0) is 12.8 Å². The van der Waals surface area contributed by atoms with Crippen LogP contribution in [-0.4, -0.2) is 126 Å². The van der Waals surface area contributed by atoms with Gasteiger partial charge in [-0.05, 0) is 90.7 Å². The van der Waals surface area contributed by atoms with Crippen molar-refractivity contribution in [1.29, 1.82) is 0 Å². The largest absolute Gasteiger partial charge is 0.487 e. The number of amides is 2. The van der Waals surface area contributed by atoms with E-state index in [1.165, 1.54) is 38.8 Å². The number of hydrogen-bond donors (Lipinski definition) is 2. The maximum Gasteiger partial charge on any atom is 0.261 e. The molecule has 6 aromatic rings. The van der Waals surface area contributed by atoms with E-state index in [0.29, 0.717) is 34.5 Å². The second-order valence-corrected chi connectivity index (χ2v) is 19.4. The topological polar surface area (TPSA) is 150 Å². The van der Waals surface area contributed by atoms with E-state index in [4.69, 9.17) is 9.47 Å². The van der Waals surface area contributed by atoms with Gasteiger partial charge in [0, 0.05) is 112 Å². The van der Waals surface area contributed by atoms with Crippen molar-refractivity contribution in [2.45, 2.75) is 89.5 Å². The predicted octanol–water partition coefficient (Wildman–Crippen LogP) is 5.96. The Morgan fingerprint density at radius 2 is 1.08 bits per heavy atom. The second kappa shape index (κ2) is 15.8. The summed E-state index contributed by atoms with van der Waals surface area (Å²) in [6.07, 6.45) is 16.7. The van der Waals surface area contributed by atoms with Gasteiger partial charge in [0.2, 0.25) is 0 Å². The Hall–Kier alpha value is -6.26. The van der Waals surface area contributed by atoms with Crippen LogP contribution in [0.1, 0.15) is 85.2 Å². The van der Waals surface area contributed by atoms with Crippen molar-refractivity contribution in [2.75, 3.05) is 72.8 Å². The van der Waals surface area contributed by atoms with E-state index < -0.39 is 0 Å². The molecule has 6 aliphatic rings. The van der Waals surface area contributed by atoms with Crippen molar-refractivity contribution in [3.8, 4) is 11.5 Å². The molecule has 4 saturated heterocycles. The zero-order valence-electron chi connectivity index (χ0n) is 37.1. The van der Waals surface area contributed by atoms with Gasteiger partial charge in [-0.2, -0.15) is 10.2 Å². The van der Waals surface area contributed by atoms with Crippen LogP contribution in [0.4, 0.5) is 22.7 Å². The van der Waals surface area contributed by atoms with E-state index in [-0.39, 0.29) is 23.0 Å². The minimum atomic E-state index is -0.237. The van der Waals surface area contributed by atoms with E-state index >= 15 is 0 Å². The molecular weight excluding hydrogens is 809 g/mol. The quantitative estimate of drug-likeness (QED) is 0.204. The minimum Gasteiger partial charge on any atom is -0.487 e. The van der Waals surface area contributed by atoms with Crippen molar-refractivity contribution in [1.82, 2.24) is 39.0 Å². The van der Waals surface area contributed by atoms with Gasteiger partial charge in [-0.3, -0.25) is 19.4 Å². The van der Waals surface area contributed by atoms with E-state index in [1.54, 1.807) is 58.3 Å². The maximum absolute atomic E-state index is 13.3. The summed E-state index contributed by atoms with van der Waals surface area (Å²) >= 11 is 0. The third-order valence-electron chi connectivity index (χ3n) is 13.8. The lowest BCUT2D eigenvalue weighted by molar-refractivity contribution is 0.102. The monoisotopic (exact) mass is 864 g/mol. The van der Waals surface area contributed by atoms with Crippen LogP contribution < -0.4 is 29.9 Å². The van der Waals surface area contributed by atoms with Gasteiger partial charge in [-0.25, -0.2) is 19.0 Å². The number of rotatable bonds is 6. The summed E-state index contributed by atoms with van der Waals surface area (Å²) in [6.45, 7) is 16.8. The summed E-state index contributed by atoms with van der Waals surface area (Å²) in [4.78, 5) is 45.2. The first-order valence-electron chi connectivity index (χ1n) is 22.8. The molecule has 332 valence electrons. The number of anilines is 4. The van der Waals surface area contributed by atoms with Crippen molar-refractivity contribution in [3.63, 3.8) is 0 Å². The summed E-state index contributed by atoms with van der Waals surface area (Å²) in [5, 5.41) is 14.9. The first-order valence-corrected chi connectivity index (χ1v) is 22.8. The molecule has 0 spiro atoms. The smallest absolute Gasteiger partial charge is 0.261 e. The minimum absolute atomic E-state index is 0.197. The molecule has 0 aliphatic carbocycles. The summed E-state index contributed by atoms with van der Waals surface area (Å²) in [5.74, 6) is 1.46. The van der Waals surface area contributed by atoms with Crippen molar-refractivity contribution >= 4 is 45.9 Å². The van der Waals surface area contributed by atoms with Crippen LogP contribution in [0.15, 0.2) is 73.6 Å². The number of fused-ring (bicyclic) bond motifs is 6. The Morgan fingerprint density at radius 3 is 1.53 bits per heavy atom. The lowest BCUT2D eigenvalue weighted by Gasteiger charge is -2.39. The molecule has 16 nitrogen and oxygen atoms in total. The van der Waals surface area contributed by atoms with Crippen molar-refractivity contribution in [3.05, 3.63) is 95.8 Å². The number of aromatic nitrogens is 6. The molecule has 0 bridgehead atoms. The fourth-order valence-electron chi connectivity index (χ4n) is 10.8. The third-order valence-corrected chi connectivity index (χ3v) is 13.8. The molecule has 4 aromatic heterocycles. The molecule has 10 heterocycles. The van der Waals surface area contributed by atoms with Gasteiger partial charge >= 0.3 is 0 Å². The highest BCUT2D eigenvalue weighted by Gasteiger charge is 2.37. The number of hydrogen-bond acceptors (Lipinski definition) is 12. The van der Waals surface area contributed by atoms with Gasteiger partial charge in [0.15, 0.2) is 11.3 Å². The van der Waals surface area contributed by atoms with Crippen LogP contribution in [0.3, 0.4) is 0 Å². The third kappa shape index (κ3) is 7.65. The van der Waals surface area contributed by atoms with Crippen LogP contribution in [0, 0.1) is 0 Å². The Labute approximate surface area is 372 Å². The molecule has 12 rings (SSSR count).